The van der Waals surface area contributed by atoms with Crippen LogP contribution in [0.1, 0.15) is 24.1 Å². The molecule has 1 atom stereocenters. The molecular weight excluding hydrogens is 256 g/mol. The molecule has 106 valence electrons. The van der Waals surface area contributed by atoms with Gasteiger partial charge in [0.1, 0.15) is 17.8 Å². The van der Waals surface area contributed by atoms with E-state index in [2.05, 4.69) is 20.3 Å². The van der Waals surface area contributed by atoms with Crippen molar-refractivity contribution in [2.24, 2.45) is 5.92 Å². The number of aryl methyl sites for hydroxylation is 2. The third-order valence-electron chi connectivity index (χ3n) is 3.86. The van der Waals surface area contributed by atoms with Crippen molar-refractivity contribution in [1.82, 2.24) is 15.0 Å². The lowest BCUT2D eigenvalue weighted by molar-refractivity contribution is -0.123. The van der Waals surface area contributed by atoms with Crippen molar-refractivity contribution in [3.8, 4) is 0 Å². The summed E-state index contributed by atoms with van der Waals surface area (Å²) in [5, 5.41) is 3.80. The molecule has 1 saturated heterocycles. The number of nitrogens with zero attached hydrogens (tertiary/aromatic N) is 2. The predicted octanol–water partition coefficient (Wildman–Crippen LogP) is 1.94. The molecule has 1 fully saturated rings. The molecule has 0 bridgehead atoms. The Morgan fingerprint density at radius 1 is 1.45 bits per heavy atom. The molecule has 2 aromatic rings. The number of amides is 1. The first-order valence-electron chi connectivity index (χ1n) is 6.85. The number of carbonyl (C=O) groups is 1. The maximum absolute atomic E-state index is 12.3. The SMILES string of the molecule is Cc1[nH]c2ncnc(NC(=O)[C@H]3CCCOC3)c2c1C. The van der Waals surface area contributed by atoms with Gasteiger partial charge in [0.2, 0.25) is 5.91 Å². The average molecular weight is 274 g/mol. The van der Waals surface area contributed by atoms with Crippen LogP contribution in [-0.4, -0.2) is 34.1 Å². The zero-order valence-corrected chi connectivity index (χ0v) is 11.7. The number of nitrogens with one attached hydrogen (secondary N) is 2. The number of hydrogen-bond donors (Lipinski definition) is 2. The summed E-state index contributed by atoms with van der Waals surface area (Å²) in [7, 11) is 0. The fourth-order valence-corrected chi connectivity index (χ4v) is 2.56. The van der Waals surface area contributed by atoms with Gasteiger partial charge < -0.3 is 15.0 Å². The largest absolute Gasteiger partial charge is 0.381 e. The third kappa shape index (κ3) is 2.27. The lowest BCUT2D eigenvalue weighted by atomic mass is 10.0. The molecule has 1 amide bonds. The normalized spacial score (nSPS) is 19.2. The summed E-state index contributed by atoms with van der Waals surface area (Å²) in [6.07, 6.45) is 3.26. The van der Waals surface area contributed by atoms with Crippen LogP contribution in [0.3, 0.4) is 0 Å². The Hall–Kier alpha value is -1.95. The minimum absolute atomic E-state index is 0.0250. The van der Waals surface area contributed by atoms with E-state index in [4.69, 9.17) is 4.74 Å². The molecule has 3 heterocycles. The number of ether oxygens (including phenoxy) is 1. The Balaban J connectivity index is 1.88. The van der Waals surface area contributed by atoms with E-state index in [1.54, 1.807) is 0 Å². The molecule has 0 radical (unpaired) electrons. The van der Waals surface area contributed by atoms with Gasteiger partial charge in [-0.3, -0.25) is 4.79 Å². The Kier molecular flexibility index (Phi) is 3.40. The van der Waals surface area contributed by atoms with E-state index in [0.717, 1.165) is 41.7 Å². The Morgan fingerprint density at radius 3 is 3.05 bits per heavy atom. The molecule has 0 aliphatic carbocycles. The number of anilines is 1. The van der Waals surface area contributed by atoms with E-state index in [9.17, 15) is 4.79 Å². The van der Waals surface area contributed by atoms with Gasteiger partial charge in [0.25, 0.3) is 0 Å². The van der Waals surface area contributed by atoms with Crippen LogP contribution in [0.25, 0.3) is 11.0 Å². The van der Waals surface area contributed by atoms with E-state index >= 15 is 0 Å². The number of fused-ring (bicyclic) bond motifs is 1. The van der Waals surface area contributed by atoms with Gasteiger partial charge in [-0.2, -0.15) is 0 Å². The lowest BCUT2D eigenvalue weighted by Crippen LogP contribution is -2.30. The number of carbonyl (C=O) groups excluding carboxylic acids is 1. The van der Waals surface area contributed by atoms with Gasteiger partial charge >= 0.3 is 0 Å². The van der Waals surface area contributed by atoms with Crippen molar-refractivity contribution in [3.05, 3.63) is 17.6 Å². The monoisotopic (exact) mass is 274 g/mol. The van der Waals surface area contributed by atoms with Gasteiger partial charge in [-0.1, -0.05) is 0 Å². The van der Waals surface area contributed by atoms with Crippen LogP contribution in [-0.2, 0) is 9.53 Å². The first-order chi connectivity index (χ1) is 9.66. The molecule has 1 aliphatic rings. The quantitative estimate of drug-likeness (QED) is 0.877. The highest BCUT2D eigenvalue weighted by Crippen LogP contribution is 2.26. The van der Waals surface area contributed by atoms with Crippen molar-refractivity contribution in [1.29, 1.82) is 0 Å². The van der Waals surface area contributed by atoms with Crippen LogP contribution in [0.2, 0.25) is 0 Å². The maximum Gasteiger partial charge on any atom is 0.230 e. The van der Waals surface area contributed by atoms with E-state index < -0.39 is 0 Å². The molecular formula is C14H18N4O2. The molecule has 0 spiro atoms. The molecule has 2 N–H and O–H groups in total. The summed E-state index contributed by atoms with van der Waals surface area (Å²) in [4.78, 5) is 23.9. The van der Waals surface area contributed by atoms with Crippen molar-refractivity contribution >= 4 is 22.8 Å². The van der Waals surface area contributed by atoms with Gasteiger partial charge in [-0.25, -0.2) is 9.97 Å². The predicted molar refractivity (Wildman–Crippen MR) is 75.5 cm³/mol. The van der Waals surface area contributed by atoms with Gasteiger partial charge in [0.05, 0.1) is 17.9 Å². The first-order valence-corrected chi connectivity index (χ1v) is 6.85. The van der Waals surface area contributed by atoms with E-state index in [-0.39, 0.29) is 11.8 Å². The second-order valence-corrected chi connectivity index (χ2v) is 5.22. The van der Waals surface area contributed by atoms with Crippen LogP contribution in [0.4, 0.5) is 5.82 Å². The van der Waals surface area contributed by atoms with Crippen molar-refractivity contribution in [2.75, 3.05) is 18.5 Å². The smallest absolute Gasteiger partial charge is 0.230 e. The van der Waals surface area contributed by atoms with Crippen LogP contribution in [0.5, 0.6) is 0 Å². The Morgan fingerprint density at radius 2 is 2.30 bits per heavy atom. The first kappa shape index (κ1) is 13.1. The Bertz CT molecular complexity index is 644. The molecule has 3 rings (SSSR count). The fraction of sp³-hybridized carbons (Fsp3) is 0.500. The van der Waals surface area contributed by atoms with E-state index in [0.29, 0.717) is 12.4 Å². The van der Waals surface area contributed by atoms with Crippen molar-refractivity contribution < 1.29 is 9.53 Å². The fourth-order valence-electron chi connectivity index (χ4n) is 2.56. The van der Waals surface area contributed by atoms with Crippen molar-refractivity contribution in [3.63, 3.8) is 0 Å². The number of hydrogen-bond acceptors (Lipinski definition) is 4. The highest BCUT2D eigenvalue weighted by atomic mass is 16.5. The number of aromatic nitrogens is 3. The highest BCUT2D eigenvalue weighted by molar-refractivity contribution is 6.01. The second-order valence-electron chi connectivity index (χ2n) is 5.22. The summed E-state index contributed by atoms with van der Waals surface area (Å²) in [5.41, 5.74) is 2.86. The van der Waals surface area contributed by atoms with Gasteiger partial charge in [0, 0.05) is 12.3 Å². The topological polar surface area (TPSA) is 79.9 Å². The van der Waals surface area contributed by atoms with Crippen LogP contribution >= 0.6 is 0 Å². The molecule has 0 unspecified atom stereocenters. The summed E-state index contributed by atoms with van der Waals surface area (Å²) in [5.74, 6) is 0.462. The molecule has 6 nitrogen and oxygen atoms in total. The number of rotatable bonds is 2. The molecule has 1 aliphatic heterocycles. The van der Waals surface area contributed by atoms with E-state index in [1.165, 1.54) is 6.33 Å². The van der Waals surface area contributed by atoms with Crippen molar-refractivity contribution in [2.45, 2.75) is 26.7 Å². The standard InChI is InChI=1S/C14H18N4O2/c1-8-9(2)17-12-11(8)13(16-7-15-12)18-14(19)10-4-3-5-20-6-10/h7,10H,3-6H2,1-2H3,(H2,15,16,17,18,19)/t10-/m0/s1. The average Bonchev–Trinajstić information content (AvgIpc) is 2.76. The number of H-pyrrole nitrogens is 1. The number of aromatic amines is 1. The third-order valence-corrected chi connectivity index (χ3v) is 3.86. The summed E-state index contributed by atoms with van der Waals surface area (Å²) < 4.78 is 5.36. The minimum Gasteiger partial charge on any atom is -0.381 e. The summed E-state index contributed by atoms with van der Waals surface area (Å²) in [6, 6.07) is 0. The summed E-state index contributed by atoms with van der Waals surface area (Å²) in [6.45, 7) is 5.22. The second kappa shape index (κ2) is 5.20. The molecule has 2 aromatic heterocycles. The molecule has 0 aromatic carbocycles. The molecule has 6 heteroatoms. The highest BCUT2D eigenvalue weighted by Gasteiger charge is 2.23. The van der Waals surface area contributed by atoms with Crippen LogP contribution in [0.15, 0.2) is 6.33 Å². The zero-order chi connectivity index (χ0) is 14.1. The van der Waals surface area contributed by atoms with E-state index in [1.807, 2.05) is 13.8 Å². The molecule has 0 saturated carbocycles. The van der Waals surface area contributed by atoms with Crippen LogP contribution < -0.4 is 5.32 Å². The Labute approximate surface area is 117 Å². The van der Waals surface area contributed by atoms with Gasteiger partial charge in [0.15, 0.2) is 0 Å². The molecule has 20 heavy (non-hydrogen) atoms. The maximum atomic E-state index is 12.3. The van der Waals surface area contributed by atoms with Crippen LogP contribution in [0, 0.1) is 19.8 Å². The van der Waals surface area contributed by atoms with Gasteiger partial charge in [-0.15, -0.1) is 0 Å². The minimum atomic E-state index is -0.0888. The zero-order valence-electron chi connectivity index (χ0n) is 11.7. The van der Waals surface area contributed by atoms with Gasteiger partial charge in [-0.05, 0) is 32.3 Å². The summed E-state index contributed by atoms with van der Waals surface area (Å²) >= 11 is 0. The lowest BCUT2D eigenvalue weighted by Gasteiger charge is -2.21.